The topological polar surface area (TPSA) is 137 Å². The number of hydrogen-bond acceptors (Lipinski definition) is 9. The molecular weight excluding hydrogens is 492 g/mol. The van der Waals surface area contributed by atoms with Crippen LogP contribution in [0.15, 0.2) is 51.7 Å². The minimum Gasteiger partial charge on any atom is -0.496 e. The summed E-state index contributed by atoms with van der Waals surface area (Å²) in [4.78, 5) is 44.2. The van der Waals surface area contributed by atoms with E-state index in [-0.39, 0.29) is 29.7 Å². The maximum Gasteiger partial charge on any atom is 0.434 e. The summed E-state index contributed by atoms with van der Waals surface area (Å²) in [5, 5.41) is 6.78. The van der Waals surface area contributed by atoms with E-state index in [1.165, 1.54) is 0 Å². The fourth-order valence-electron chi connectivity index (χ4n) is 5.17. The molecule has 1 fully saturated rings. The van der Waals surface area contributed by atoms with Crippen molar-refractivity contribution in [2.24, 2.45) is 0 Å². The molecule has 0 saturated carbocycles. The number of benzene rings is 2. The SMILES string of the molecule is COc1cc(C(=O)N2CCC3(CC2)CC(=O)c2cc(-c4n[nH]c(=O)o4)ccc2O3)nc2c(OC)cccc12. The predicted octanol–water partition coefficient (Wildman–Crippen LogP) is 3.24. The van der Waals surface area contributed by atoms with Crippen molar-refractivity contribution in [2.45, 2.75) is 24.9 Å². The zero-order valence-corrected chi connectivity index (χ0v) is 20.8. The molecule has 1 saturated heterocycles. The van der Waals surface area contributed by atoms with E-state index in [0.717, 1.165) is 5.39 Å². The second-order valence-corrected chi connectivity index (χ2v) is 9.37. The van der Waals surface area contributed by atoms with E-state index in [2.05, 4.69) is 15.2 Å². The number of fused-ring (bicyclic) bond motifs is 2. The van der Waals surface area contributed by atoms with Crippen LogP contribution >= 0.6 is 0 Å². The number of piperidine rings is 1. The maximum absolute atomic E-state index is 13.4. The third kappa shape index (κ3) is 3.96. The molecular formula is C27H24N4O7. The molecule has 11 heteroatoms. The highest BCUT2D eigenvalue weighted by Crippen LogP contribution is 2.41. The fraction of sp³-hybridized carbons (Fsp3) is 0.296. The highest BCUT2D eigenvalue weighted by Gasteiger charge is 2.44. The van der Waals surface area contributed by atoms with Gasteiger partial charge in [0.25, 0.3) is 5.91 Å². The Morgan fingerprint density at radius 2 is 1.84 bits per heavy atom. The van der Waals surface area contributed by atoms with Gasteiger partial charge in [0.1, 0.15) is 34.1 Å². The quantitative estimate of drug-likeness (QED) is 0.433. The third-order valence-corrected chi connectivity index (χ3v) is 7.16. The number of amides is 1. The first-order chi connectivity index (χ1) is 18.4. The minimum atomic E-state index is -0.695. The van der Waals surface area contributed by atoms with Gasteiger partial charge in [-0.15, -0.1) is 5.10 Å². The first-order valence-electron chi connectivity index (χ1n) is 12.1. The normalized spacial score (nSPS) is 16.3. The third-order valence-electron chi connectivity index (χ3n) is 7.16. The molecule has 0 unspecified atom stereocenters. The van der Waals surface area contributed by atoms with Crippen molar-refractivity contribution in [1.29, 1.82) is 0 Å². The lowest BCUT2D eigenvalue weighted by molar-refractivity contribution is -0.00583. The van der Waals surface area contributed by atoms with Gasteiger partial charge < -0.3 is 23.5 Å². The first kappa shape index (κ1) is 23.7. The van der Waals surface area contributed by atoms with Crippen LogP contribution in [0.5, 0.6) is 17.2 Å². The van der Waals surface area contributed by atoms with E-state index in [9.17, 15) is 14.4 Å². The van der Waals surface area contributed by atoms with Crippen molar-refractivity contribution in [2.75, 3.05) is 27.3 Å². The van der Waals surface area contributed by atoms with Crippen LogP contribution in [0.3, 0.4) is 0 Å². The van der Waals surface area contributed by atoms with Gasteiger partial charge in [0, 0.05) is 42.9 Å². The van der Waals surface area contributed by atoms with Crippen LogP contribution in [0.2, 0.25) is 0 Å². The van der Waals surface area contributed by atoms with Crippen molar-refractivity contribution in [3.05, 3.63) is 64.3 Å². The number of methoxy groups -OCH3 is 2. The number of carbonyl (C=O) groups excluding carboxylic acids is 2. The van der Waals surface area contributed by atoms with E-state index >= 15 is 0 Å². The van der Waals surface area contributed by atoms with Crippen molar-refractivity contribution >= 4 is 22.6 Å². The summed E-state index contributed by atoms with van der Waals surface area (Å²) in [5.74, 6) is 0.704. The number of ketones is 1. The van der Waals surface area contributed by atoms with Crippen LogP contribution in [-0.2, 0) is 0 Å². The molecule has 2 aliphatic rings. The highest BCUT2D eigenvalue weighted by molar-refractivity contribution is 6.01. The van der Waals surface area contributed by atoms with E-state index in [4.69, 9.17) is 18.6 Å². The number of aromatic amines is 1. The second kappa shape index (κ2) is 9.02. The van der Waals surface area contributed by atoms with Crippen LogP contribution in [0, 0.1) is 0 Å². The van der Waals surface area contributed by atoms with Crippen LogP contribution in [-0.4, -0.2) is 64.7 Å². The number of ether oxygens (including phenoxy) is 3. The Bertz CT molecular complexity index is 1630. The zero-order chi connectivity index (χ0) is 26.4. The molecule has 4 heterocycles. The van der Waals surface area contributed by atoms with Crippen molar-refractivity contribution in [1.82, 2.24) is 20.1 Å². The molecule has 0 atom stereocenters. The van der Waals surface area contributed by atoms with Crippen LogP contribution < -0.4 is 20.0 Å². The smallest absolute Gasteiger partial charge is 0.434 e. The number of Topliss-reactive ketones (excluding diaryl/α,β-unsaturated/α-hetero) is 1. The summed E-state index contributed by atoms with van der Waals surface area (Å²) < 4.78 is 22.3. The maximum atomic E-state index is 13.4. The molecule has 2 aromatic carbocycles. The van der Waals surface area contributed by atoms with Gasteiger partial charge in [0.15, 0.2) is 5.78 Å². The Labute approximate surface area is 216 Å². The fourth-order valence-corrected chi connectivity index (χ4v) is 5.17. The van der Waals surface area contributed by atoms with E-state index in [1.807, 2.05) is 12.1 Å². The molecule has 2 aromatic heterocycles. The predicted molar refractivity (Wildman–Crippen MR) is 135 cm³/mol. The van der Waals surface area contributed by atoms with Crippen LogP contribution in [0.25, 0.3) is 22.4 Å². The summed E-state index contributed by atoms with van der Waals surface area (Å²) in [5.41, 5.74) is 1.04. The summed E-state index contributed by atoms with van der Waals surface area (Å²) >= 11 is 0. The molecule has 2 aliphatic heterocycles. The summed E-state index contributed by atoms with van der Waals surface area (Å²) in [7, 11) is 3.11. The number of aromatic nitrogens is 3. The largest absolute Gasteiger partial charge is 0.496 e. The number of likely N-dealkylation sites (tertiary alicyclic amines) is 1. The molecule has 1 spiro atoms. The van der Waals surface area contributed by atoms with Gasteiger partial charge in [0.2, 0.25) is 5.89 Å². The standard InChI is InChI=1S/C27H24N4O7/c1-35-21-5-3-4-16-22(36-2)13-18(28-23(16)21)25(33)31-10-8-27(9-11-31)14-19(32)17-12-15(6-7-20(17)38-27)24-29-30-26(34)37-24/h3-7,12-13H,8-11,14H2,1-2H3,(H,30,34). The first-order valence-corrected chi connectivity index (χ1v) is 12.1. The molecule has 1 N–H and O–H groups in total. The summed E-state index contributed by atoms with van der Waals surface area (Å²) in [6.45, 7) is 0.817. The van der Waals surface area contributed by atoms with Crippen molar-refractivity contribution in [3.8, 4) is 28.7 Å². The molecule has 0 aliphatic carbocycles. The van der Waals surface area contributed by atoms with Gasteiger partial charge in [-0.2, -0.15) is 0 Å². The van der Waals surface area contributed by atoms with E-state index in [0.29, 0.717) is 59.8 Å². The summed E-state index contributed by atoms with van der Waals surface area (Å²) in [6.07, 6.45) is 1.18. The average molecular weight is 517 g/mol. The lowest BCUT2D eigenvalue weighted by Gasteiger charge is -2.43. The molecule has 194 valence electrons. The van der Waals surface area contributed by atoms with Gasteiger partial charge in [-0.05, 0) is 30.3 Å². The van der Waals surface area contributed by atoms with Gasteiger partial charge in [0.05, 0.1) is 26.2 Å². The Morgan fingerprint density at radius 1 is 1.05 bits per heavy atom. The van der Waals surface area contributed by atoms with Gasteiger partial charge in [-0.25, -0.2) is 14.9 Å². The Hall–Kier alpha value is -4.67. The van der Waals surface area contributed by atoms with Gasteiger partial charge >= 0.3 is 5.76 Å². The van der Waals surface area contributed by atoms with Crippen molar-refractivity contribution < 1.29 is 28.2 Å². The molecule has 38 heavy (non-hydrogen) atoms. The number of H-pyrrole nitrogens is 1. The zero-order valence-electron chi connectivity index (χ0n) is 20.8. The number of hydrogen-bond donors (Lipinski definition) is 1. The Kier molecular flexibility index (Phi) is 5.63. The van der Waals surface area contributed by atoms with E-state index in [1.54, 1.807) is 49.5 Å². The van der Waals surface area contributed by atoms with Crippen LogP contribution in [0.1, 0.15) is 40.1 Å². The second-order valence-electron chi connectivity index (χ2n) is 9.37. The Balaban J connectivity index is 1.21. The molecule has 11 nitrogen and oxygen atoms in total. The summed E-state index contributed by atoms with van der Waals surface area (Å²) in [6, 6.07) is 12.1. The van der Waals surface area contributed by atoms with Gasteiger partial charge in [-0.1, -0.05) is 6.07 Å². The van der Waals surface area contributed by atoms with Gasteiger partial charge in [-0.3, -0.25) is 9.59 Å². The monoisotopic (exact) mass is 516 g/mol. The highest BCUT2D eigenvalue weighted by atomic mass is 16.5. The average Bonchev–Trinajstić information content (AvgIpc) is 3.38. The lowest BCUT2D eigenvalue weighted by atomic mass is 9.82. The number of para-hydroxylation sites is 1. The lowest BCUT2D eigenvalue weighted by Crippen LogP contribution is -2.52. The molecule has 1 amide bonds. The molecule has 0 bridgehead atoms. The number of rotatable bonds is 4. The Morgan fingerprint density at radius 3 is 2.55 bits per heavy atom. The number of pyridine rings is 1. The van der Waals surface area contributed by atoms with E-state index < -0.39 is 11.4 Å². The molecule has 4 aromatic rings. The molecule has 0 radical (unpaired) electrons. The number of carbonyl (C=O) groups is 2. The van der Waals surface area contributed by atoms with Crippen molar-refractivity contribution in [3.63, 3.8) is 0 Å². The van der Waals surface area contributed by atoms with Crippen LogP contribution in [0.4, 0.5) is 0 Å². The number of nitrogens with one attached hydrogen (secondary N) is 1. The molecule has 6 rings (SSSR count). The number of nitrogens with zero attached hydrogens (tertiary/aromatic N) is 3. The minimum absolute atomic E-state index is 0.0706.